The fourth-order valence-corrected chi connectivity index (χ4v) is 4.97. The van der Waals surface area contributed by atoms with Gasteiger partial charge in [0.15, 0.2) is 0 Å². The average Bonchev–Trinajstić information content (AvgIpc) is 3.27. The minimum Gasteiger partial charge on any atom is -0.309 e. The van der Waals surface area contributed by atoms with E-state index in [-0.39, 0.29) is 0 Å². The molecule has 3 heteroatoms. The summed E-state index contributed by atoms with van der Waals surface area (Å²) in [5.74, 6) is 0. The molecule has 162 valence electrons. The first-order chi connectivity index (χ1) is 17.3. The monoisotopic (exact) mass is 445 g/mol. The van der Waals surface area contributed by atoms with Crippen LogP contribution in [0.1, 0.15) is 11.1 Å². The molecule has 0 N–H and O–H groups in total. The van der Waals surface area contributed by atoms with Gasteiger partial charge in [-0.3, -0.25) is 0 Å². The molecule has 5 aromatic carbocycles. The Labute approximate surface area is 203 Å². The van der Waals surface area contributed by atoms with E-state index in [1.165, 1.54) is 0 Å². The molecule has 0 fully saturated rings. The van der Waals surface area contributed by atoms with Crippen LogP contribution in [0.25, 0.3) is 49.7 Å². The minimum atomic E-state index is 0.500. The largest absolute Gasteiger partial charge is 0.309 e. The van der Waals surface area contributed by atoms with Crippen molar-refractivity contribution < 1.29 is 0 Å². The summed E-state index contributed by atoms with van der Waals surface area (Å²) in [6, 6.07) is 43.2. The summed E-state index contributed by atoms with van der Waals surface area (Å²) in [7, 11) is 0. The van der Waals surface area contributed by atoms with E-state index in [1.807, 2.05) is 18.2 Å². The van der Waals surface area contributed by atoms with Gasteiger partial charge in [-0.2, -0.15) is 10.5 Å². The van der Waals surface area contributed by atoms with Crippen molar-refractivity contribution in [2.24, 2.45) is 0 Å². The number of aromatic nitrogens is 1. The molecule has 6 aromatic rings. The molecule has 0 aliphatic rings. The lowest BCUT2D eigenvalue weighted by Gasteiger charge is -2.12. The van der Waals surface area contributed by atoms with Crippen molar-refractivity contribution in [3.8, 4) is 40.1 Å². The first-order valence-corrected chi connectivity index (χ1v) is 11.4. The van der Waals surface area contributed by atoms with Gasteiger partial charge in [0.1, 0.15) is 0 Å². The standard InChI is InChI=1S/C32H19N3/c33-20-24-11-7-12-25(21-34)31(24)23-17-18-30-29(19-23)28-16-8-15-27(22-9-3-1-4-10-22)32(28)35(30)26-13-5-2-6-14-26/h1-19H. The molecular weight excluding hydrogens is 426 g/mol. The first kappa shape index (κ1) is 20.5. The molecule has 0 spiro atoms. The van der Waals surface area contributed by atoms with Crippen LogP contribution in [0, 0.1) is 22.7 Å². The van der Waals surface area contributed by atoms with Crippen LogP contribution in [-0.4, -0.2) is 4.57 Å². The first-order valence-electron chi connectivity index (χ1n) is 11.4. The van der Waals surface area contributed by atoms with E-state index in [9.17, 15) is 10.5 Å². The van der Waals surface area contributed by atoms with E-state index in [0.29, 0.717) is 16.7 Å². The Hall–Kier alpha value is -5.12. The zero-order valence-electron chi connectivity index (χ0n) is 18.8. The summed E-state index contributed by atoms with van der Waals surface area (Å²) >= 11 is 0. The van der Waals surface area contributed by atoms with E-state index in [1.54, 1.807) is 18.2 Å². The van der Waals surface area contributed by atoms with Crippen LogP contribution in [0.15, 0.2) is 115 Å². The Morgan fingerprint density at radius 1 is 0.543 bits per heavy atom. The van der Waals surface area contributed by atoms with Crippen molar-refractivity contribution in [2.45, 2.75) is 0 Å². The van der Waals surface area contributed by atoms with Crippen LogP contribution in [0.4, 0.5) is 0 Å². The molecule has 0 aliphatic heterocycles. The SMILES string of the molecule is N#Cc1cccc(C#N)c1-c1ccc2c(c1)c1cccc(-c3ccccc3)c1n2-c1ccccc1. The minimum absolute atomic E-state index is 0.500. The molecule has 1 aromatic heterocycles. The number of rotatable bonds is 3. The predicted molar refractivity (Wildman–Crippen MR) is 141 cm³/mol. The van der Waals surface area contributed by atoms with Gasteiger partial charge in [-0.25, -0.2) is 0 Å². The maximum absolute atomic E-state index is 9.74. The molecule has 3 nitrogen and oxygen atoms in total. The Kier molecular flexibility index (Phi) is 4.88. The van der Waals surface area contributed by atoms with Gasteiger partial charge in [0.05, 0.1) is 34.3 Å². The fraction of sp³-hybridized carbons (Fsp3) is 0. The molecule has 0 radical (unpaired) electrons. The van der Waals surface area contributed by atoms with Gasteiger partial charge in [0.2, 0.25) is 0 Å². The molecule has 1 heterocycles. The van der Waals surface area contributed by atoms with Crippen molar-refractivity contribution in [2.75, 3.05) is 0 Å². The third-order valence-corrected chi connectivity index (χ3v) is 6.48. The number of nitrogens with zero attached hydrogens (tertiary/aromatic N) is 3. The highest BCUT2D eigenvalue weighted by molar-refractivity contribution is 6.14. The van der Waals surface area contributed by atoms with Crippen LogP contribution in [-0.2, 0) is 0 Å². The maximum atomic E-state index is 9.74. The number of hydrogen-bond acceptors (Lipinski definition) is 2. The topological polar surface area (TPSA) is 52.5 Å². The summed E-state index contributed by atoms with van der Waals surface area (Å²) in [6.07, 6.45) is 0. The third kappa shape index (κ3) is 3.27. The highest BCUT2D eigenvalue weighted by Crippen LogP contribution is 2.40. The Morgan fingerprint density at radius 2 is 1.20 bits per heavy atom. The van der Waals surface area contributed by atoms with Gasteiger partial charge >= 0.3 is 0 Å². The molecule has 0 amide bonds. The lowest BCUT2D eigenvalue weighted by atomic mass is 9.94. The lowest BCUT2D eigenvalue weighted by Crippen LogP contribution is -1.95. The summed E-state index contributed by atoms with van der Waals surface area (Å²) in [5, 5.41) is 21.7. The average molecular weight is 446 g/mol. The van der Waals surface area contributed by atoms with Gasteiger partial charge in [0, 0.05) is 27.6 Å². The molecular formula is C32H19N3. The second-order valence-corrected chi connectivity index (χ2v) is 8.42. The number of hydrogen-bond donors (Lipinski definition) is 0. The van der Waals surface area contributed by atoms with Gasteiger partial charge in [-0.15, -0.1) is 0 Å². The van der Waals surface area contributed by atoms with Crippen molar-refractivity contribution in [3.63, 3.8) is 0 Å². The summed E-state index contributed by atoms with van der Waals surface area (Å²) in [4.78, 5) is 0. The number of nitriles is 2. The molecule has 0 atom stereocenters. The highest BCUT2D eigenvalue weighted by atomic mass is 15.0. The van der Waals surface area contributed by atoms with Gasteiger partial charge in [-0.1, -0.05) is 78.9 Å². The third-order valence-electron chi connectivity index (χ3n) is 6.48. The van der Waals surface area contributed by atoms with Crippen molar-refractivity contribution in [3.05, 3.63) is 126 Å². The highest BCUT2D eigenvalue weighted by Gasteiger charge is 2.18. The Bertz CT molecular complexity index is 1770. The normalized spacial score (nSPS) is 10.8. The van der Waals surface area contributed by atoms with E-state index in [4.69, 9.17) is 0 Å². The van der Waals surface area contributed by atoms with Crippen molar-refractivity contribution >= 4 is 21.8 Å². The molecule has 0 unspecified atom stereocenters. The summed E-state index contributed by atoms with van der Waals surface area (Å²) < 4.78 is 2.30. The number of benzene rings is 5. The van der Waals surface area contributed by atoms with Crippen LogP contribution < -0.4 is 0 Å². The van der Waals surface area contributed by atoms with Crippen molar-refractivity contribution in [1.82, 2.24) is 4.57 Å². The van der Waals surface area contributed by atoms with Gasteiger partial charge < -0.3 is 4.57 Å². The molecule has 0 saturated carbocycles. The van der Waals surface area contributed by atoms with Crippen LogP contribution in [0.3, 0.4) is 0 Å². The zero-order chi connectivity index (χ0) is 23.8. The van der Waals surface area contributed by atoms with E-state index in [2.05, 4.69) is 95.6 Å². The van der Waals surface area contributed by atoms with Crippen LogP contribution in [0.2, 0.25) is 0 Å². The van der Waals surface area contributed by atoms with E-state index >= 15 is 0 Å². The molecule has 35 heavy (non-hydrogen) atoms. The van der Waals surface area contributed by atoms with E-state index < -0.39 is 0 Å². The second kappa shape index (κ2) is 8.34. The smallest absolute Gasteiger partial charge is 0.0998 e. The lowest BCUT2D eigenvalue weighted by molar-refractivity contribution is 1.18. The molecule has 0 aliphatic carbocycles. The molecule has 0 saturated heterocycles. The van der Waals surface area contributed by atoms with Crippen molar-refractivity contribution in [1.29, 1.82) is 10.5 Å². The van der Waals surface area contributed by atoms with Gasteiger partial charge in [0.25, 0.3) is 0 Å². The maximum Gasteiger partial charge on any atom is 0.0998 e. The molecule has 0 bridgehead atoms. The predicted octanol–water partition coefficient (Wildman–Crippen LogP) is 7.86. The van der Waals surface area contributed by atoms with Gasteiger partial charge in [-0.05, 0) is 47.5 Å². The summed E-state index contributed by atoms with van der Waals surface area (Å²) in [5.41, 5.74) is 8.14. The Morgan fingerprint density at radius 3 is 1.89 bits per heavy atom. The quantitative estimate of drug-likeness (QED) is 0.278. The second-order valence-electron chi connectivity index (χ2n) is 8.42. The number of fused-ring (bicyclic) bond motifs is 3. The van der Waals surface area contributed by atoms with Crippen LogP contribution >= 0.6 is 0 Å². The molecule has 6 rings (SSSR count). The zero-order valence-corrected chi connectivity index (χ0v) is 18.8. The summed E-state index contributed by atoms with van der Waals surface area (Å²) in [6.45, 7) is 0. The number of para-hydroxylation sites is 2. The van der Waals surface area contributed by atoms with Crippen LogP contribution in [0.5, 0.6) is 0 Å². The fourth-order valence-electron chi connectivity index (χ4n) is 4.97. The van der Waals surface area contributed by atoms with E-state index in [0.717, 1.165) is 44.2 Å². The Balaban J connectivity index is 1.74.